The molecule has 2 fully saturated rings. The fraction of sp³-hybridized carbons (Fsp3) is 0.688. The molecule has 0 unspecified atom stereocenters. The molecule has 1 aromatic heterocycles. The van der Waals surface area contributed by atoms with Gasteiger partial charge in [-0.05, 0) is 38.5 Å². The summed E-state index contributed by atoms with van der Waals surface area (Å²) in [5, 5.41) is 6.74. The van der Waals surface area contributed by atoms with Crippen LogP contribution in [0.15, 0.2) is 6.20 Å². The zero-order chi connectivity index (χ0) is 16.9. The van der Waals surface area contributed by atoms with E-state index in [4.69, 9.17) is 16.2 Å². The smallest absolute Gasteiger partial charge is 0.224 e. The molecule has 1 saturated carbocycles. The van der Waals surface area contributed by atoms with E-state index in [0.717, 1.165) is 51.7 Å². The number of hydrogen-bond donors (Lipinski definition) is 4. The van der Waals surface area contributed by atoms with Crippen molar-refractivity contribution < 1.29 is 9.53 Å². The van der Waals surface area contributed by atoms with Crippen molar-refractivity contribution in [3.8, 4) is 0 Å². The zero-order valence-electron chi connectivity index (χ0n) is 13.8. The summed E-state index contributed by atoms with van der Waals surface area (Å²) in [6.45, 7) is 1.53. The summed E-state index contributed by atoms with van der Waals surface area (Å²) in [5.41, 5.74) is 11.9. The predicted octanol–water partition coefficient (Wildman–Crippen LogP) is 1.11. The second-order valence-corrected chi connectivity index (χ2v) is 6.62. The molecule has 0 spiro atoms. The normalized spacial score (nSPS) is 25.2. The zero-order valence-corrected chi connectivity index (χ0v) is 13.8. The first kappa shape index (κ1) is 16.8. The highest BCUT2D eigenvalue weighted by atomic mass is 16.5. The Morgan fingerprint density at radius 3 is 2.42 bits per heavy atom. The largest absolute Gasteiger partial charge is 0.394 e. The molecule has 2 heterocycles. The third-order valence-corrected chi connectivity index (χ3v) is 4.84. The Morgan fingerprint density at radius 2 is 1.75 bits per heavy atom. The topological polar surface area (TPSA) is 128 Å². The molecule has 2 aliphatic rings. The third-order valence-electron chi connectivity index (χ3n) is 4.84. The molecule has 6 N–H and O–H groups in total. The lowest BCUT2D eigenvalue weighted by atomic mass is 9.85. The highest BCUT2D eigenvalue weighted by Crippen LogP contribution is 2.27. The number of nitrogens with two attached hydrogens (primary N) is 2. The lowest BCUT2D eigenvalue weighted by Crippen LogP contribution is -2.33. The highest BCUT2D eigenvalue weighted by molar-refractivity contribution is 5.76. The Morgan fingerprint density at radius 1 is 1.08 bits per heavy atom. The maximum absolute atomic E-state index is 11.3. The van der Waals surface area contributed by atoms with E-state index < -0.39 is 0 Å². The van der Waals surface area contributed by atoms with Crippen LogP contribution in [0.3, 0.4) is 0 Å². The molecule has 1 amide bonds. The molecule has 132 valence electrons. The van der Waals surface area contributed by atoms with E-state index in [1.54, 1.807) is 6.20 Å². The number of primary amides is 1. The minimum absolute atomic E-state index is 0.00320. The van der Waals surface area contributed by atoms with Crippen LogP contribution in [-0.2, 0) is 9.53 Å². The summed E-state index contributed by atoms with van der Waals surface area (Å²) in [6.07, 6.45) is 6.93. The first-order valence-electron chi connectivity index (χ1n) is 8.64. The van der Waals surface area contributed by atoms with Gasteiger partial charge in [-0.1, -0.05) is 0 Å². The van der Waals surface area contributed by atoms with Crippen LogP contribution in [-0.4, -0.2) is 41.2 Å². The number of aromatic nitrogens is 2. The number of amides is 1. The van der Waals surface area contributed by atoms with Gasteiger partial charge in [0.25, 0.3) is 0 Å². The fourth-order valence-corrected chi connectivity index (χ4v) is 3.32. The number of rotatable bonds is 5. The maximum Gasteiger partial charge on any atom is 0.224 e. The standard InChI is InChI=1S/C16H26N6O2/c17-13-9-19-16(21-12-5-7-24-8-6-12)22-15(13)20-11-3-1-10(2-4-11)14(18)23/h9-12H,1-8,17H2,(H2,18,23)(H2,19,20,21,22). The second kappa shape index (κ2) is 7.65. The number of carbonyl (C=O) groups excluding carboxylic acids is 1. The van der Waals surface area contributed by atoms with Gasteiger partial charge in [-0.25, -0.2) is 4.98 Å². The van der Waals surface area contributed by atoms with Crippen LogP contribution in [0.5, 0.6) is 0 Å². The number of hydrogen-bond acceptors (Lipinski definition) is 7. The highest BCUT2D eigenvalue weighted by Gasteiger charge is 2.25. The van der Waals surface area contributed by atoms with Crippen LogP contribution < -0.4 is 22.1 Å². The molecule has 0 atom stereocenters. The molecule has 0 bridgehead atoms. The van der Waals surface area contributed by atoms with E-state index in [2.05, 4.69) is 20.6 Å². The van der Waals surface area contributed by atoms with Crippen LogP contribution in [0.1, 0.15) is 38.5 Å². The van der Waals surface area contributed by atoms with Gasteiger partial charge in [0.2, 0.25) is 11.9 Å². The number of ether oxygens (including phenoxy) is 1. The van der Waals surface area contributed by atoms with E-state index in [-0.39, 0.29) is 17.9 Å². The first-order chi connectivity index (χ1) is 11.6. The van der Waals surface area contributed by atoms with Crippen molar-refractivity contribution in [1.82, 2.24) is 9.97 Å². The van der Waals surface area contributed by atoms with Crippen LogP contribution in [0.4, 0.5) is 17.5 Å². The lowest BCUT2D eigenvalue weighted by Gasteiger charge is -2.28. The summed E-state index contributed by atoms with van der Waals surface area (Å²) in [5.74, 6) is 1.04. The first-order valence-corrected chi connectivity index (χ1v) is 8.64. The van der Waals surface area contributed by atoms with Crippen molar-refractivity contribution >= 4 is 23.4 Å². The van der Waals surface area contributed by atoms with Gasteiger partial charge >= 0.3 is 0 Å². The van der Waals surface area contributed by atoms with Gasteiger partial charge in [0.1, 0.15) is 0 Å². The van der Waals surface area contributed by atoms with Gasteiger partial charge in [0.15, 0.2) is 5.82 Å². The van der Waals surface area contributed by atoms with Gasteiger partial charge in [-0.15, -0.1) is 0 Å². The molecule has 0 radical (unpaired) electrons. The molecule has 8 nitrogen and oxygen atoms in total. The summed E-state index contributed by atoms with van der Waals surface area (Å²) in [4.78, 5) is 20.0. The van der Waals surface area contributed by atoms with Crippen molar-refractivity contribution in [3.63, 3.8) is 0 Å². The minimum Gasteiger partial charge on any atom is -0.394 e. The monoisotopic (exact) mass is 334 g/mol. The number of anilines is 3. The van der Waals surface area contributed by atoms with Gasteiger partial charge in [-0.2, -0.15) is 4.98 Å². The quantitative estimate of drug-likeness (QED) is 0.635. The Bertz CT molecular complexity index is 568. The van der Waals surface area contributed by atoms with Crippen LogP contribution >= 0.6 is 0 Å². The predicted molar refractivity (Wildman–Crippen MR) is 92.5 cm³/mol. The average molecular weight is 334 g/mol. The van der Waals surface area contributed by atoms with Gasteiger partial charge in [0.05, 0.1) is 11.9 Å². The van der Waals surface area contributed by atoms with E-state index in [0.29, 0.717) is 23.5 Å². The number of nitrogens with one attached hydrogen (secondary N) is 2. The van der Waals surface area contributed by atoms with Crippen molar-refractivity contribution in [1.29, 1.82) is 0 Å². The van der Waals surface area contributed by atoms with E-state index in [1.165, 1.54) is 0 Å². The Labute approximate surface area is 141 Å². The molecule has 8 heteroatoms. The molecule has 1 aromatic rings. The number of nitrogens with zero attached hydrogens (tertiary/aromatic N) is 2. The van der Waals surface area contributed by atoms with E-state index in [9.17, 15) is 4.79 Å². The lowest BCUT2D eigenvalue weighted by molar-refractivity contribution is -0.122. The fourth-order valence-electron chi connectivity index (χ4n) is 3.32. The number of carbonyl (C=O) groups is 1. The summed E-state index contributed by atoms with van der Waals surface area (Å²) in [7, 11) is 0. The van der Waals surface area contributed by atoms with E-state index in [1.807, 2.05) is 0 Å². The van der Waals surface area contributed by atoms with Gasteiger partial charge < -0.3 is 26.8 Å². The number of nitrogen functional groups attached to an aromatic ring is 1. The average Bonchev–Trinajstić information content (AvgIpc) is 2.59. The Balaban J connectivity index is 1.58. The summed E-state index contributed by atoms with van der Waals surface area (Å²) >= 11 is 0. The van der Waals surface area contributed by atoms with Crippen LogP contribution in [0.25, 0.3) is 0 Å². The third kappa shape index (κ3) is 4.25. The molecule has 0 aromatic carbocycles. The minimum atomic E-state index is -0.196. The molecule has 1 aliphatic heterocycles. The van der Waals surface area contributed by atoms with Crippen LogP contribution in [0, 0.1) is 5.92 Å². The van der Waals surface area contributed by atoms with Gasteiger partial charge in [-0.3, -0.25) is 4.79 Å². The molecule has 24 heavy (non-hydrogen) atoms. The molecular formula is C16H26N6O2. The second-order valence-electron chi connectivity index (χ2n) is 6.62. The van der Waals surface area contributed by atoms with Crippen molar-refractivity contribution in [3.05, 3.63) is 6.20 Å². The molecule has 3 rings (SSSR count). The van der Waals surface area contributed by atoms with Crippen LogP contribution in [0.2, 0.25) is 0 Å². The SMILES string of the molecule is NC(=O)C1CCC(Nc2nc(NC3CCOCC3)ncc2N)CC1. The van der Waals surface area contributed by atoms with E-state index >= 15 is 0 Å². The molecule has 1 saturated heterocycles. The summed E-state index contributed by atoms with van der Waals surface area (Å²) in [6, 6.07) is 0.593. The van der Waals surface area contributed by atoms with Crippen molar-refractivity contribution in [2.75, 3.05) is 29.6 Å². The molecular weight excluding hydrogens is 308 g/mol. The van der Waals surface area contributed by atoms with Crippen molar-refractivity contribution in [2.24, 2.45) is 11.7 Å². The van der Waals surface area contributed by atoms with Crippen molar-refractivity contribution in [2.45, 2.75) is 50.6 Å². The Hall–Kier alpha value is -2.09. The maximum atomic E-state index is 11.3. The summed E-state index contributed by atoms with van der Waals surface area (Å²) < 4.78 is 5.36. The Kier molecular flexibility index (Phi) is 5.34. The van der Waals surface area contributed by atoms with Gasteiger partial charge in [0, 0.05) is 31.2 Å². The molecule has 1 aliphatic carbocycles.